The summed E-state index contributed by atoms with van der Waals surface area (Å²) in [6.45, 7) is 2.02. The van der Waals surface area contributed by atoms with Crippen molar-refractivity contribution in [2.45, 2.75) is 6.92 Å². The molecule has 8 nitrogen and oxygen atoms in total. The largest absolute Gasteiger partial charge is 0.318 e. The Kier molecular flexibility index (Phi) is 3.94. The van der Waals surface area contributed by atoms with Crippen molar-refractivity contribution in [3.63, 3.8) is 0 Å². The van der Waals surface area contributed by atoms with Gasteiger partial charge in [-0.2, -0.15) is 4.52 Å². The van der Waals surface area contributed by atoms with E-state index in [2.05, 4.69) is 25.4 Å². The molecule has 5 rings (SSSR count). The Morgan fingerprint density at radius 1 is 0.966 bits per heavy atom. The molecule has 0 fully saturated rings. The normalized spacial score (nSPS) is 11.1. The van der Waals surface area contributed by atoms with Crippen molar-refractivity contribution in [3.8, 4) is 11.4 Å². The van der Waals surface area contributed by atoms with Gasteiger partial charge in [-0.1, -0.05) is 36.4 Å². The molecule has 0 saturated heterocycles. The molecule has 0 aliphatic carbocycles. The minimum Gasteiger partial charge on any atom is -0.318 e. The summed E-state index contributed by atoms with van der Waals surface area (Å²) in [5.74, 6) is 0.944. The Labute approximate surface area is 164 Å². The summed E-state index contributed by atoms with van der Waals surface area (Å²) in [4.78, 5) is 29.4. The monoisotopic (exact) mass is 381 g/mol. The average molecular weight is 381 g/mol. The maximum atomic E-state index is 12.2. The zero-order valence-electron chi connectivity index (χ0n) is 15.4. The Balaban J connectivity index is 1.78. The van der Waals surface area contributed by atoms with Gasteiger partial charge < -0.3 is 5.32 Å². The van der Waals surface area contributed by atoms with Crippen LogP contribution >= 0.6 is 0 Å². The third-order valence-electron chi connectivity index (χ3n) is 4.59. The lowest BCUT2D eigenvalue weighted by molar-refractivity contribution is 0.946. The molecule has 3 heterocycles. The van der Waals surface area contributed by atoms with Gasteiger partial charge in [-0.05, 0) is 24.6 Å². The minimum atomic E-state index is -0.440. The van der Waals surface area contributed by atoms with Crippen molar-refractivity contribution in [2.75, 3.05) is 5.32 Å². The first-order valence-electron chi connectivity index (χ1n) is 8.99. The summed E-state index contributed by atoms with van der Waals surface area (Å²) in [7, 11) is 0. The number of aromatic nitrogens is 6. The van der Waals surface area contributed by atoms with Gasteiger partial charge in [0.25, 0.3) is 5.56 Å². The maximum absolute atomic E-state index is 12.2. The zero-order valence-corrected chi connectivity index (χ0v) is 15.4. The lowest BCUT2D eigenvalue weighted by Gasteiger charge is -2.07. The third-order valence-corrected chi connectivity index (χ3v) is 4.59. The van der Waals surface area contributed by atoms with E-state index in [1.807, 2.05) is 55.5 Å². The van der Waals surface area contributed by atoms with E-state index in [0.717, 1.165) is 22.0 Å². The summed E-state index contributed by atoms with van der Waals surface area (Å²) in [6.07, 6.45) is 4.21. The molecule has 140 valence electrons. The van der Waals surface area contributed by atoms with E-state index in [1.54, 1.807) is 4.52 Å². The van der Waals surface area contributed by atoms with Crippen LogP contribution < -0.4 is 10.9 Å². The lowest BCUT2D eigenvalue weighted by Crippen LogP contribution is -2.11. The van der Waals surface area contributed by atoms with E-state index in [1.165, 1.54) is 18.6 Å². The molecule has 0 aliphatic heterocycles. The fourth-order valence-electron chi connectivity index (χ4n) is 3.16. The van der Waals surface area contributed by atoms with Gasteiger partial charge in [-0.25, -0.2) is 15.0 Å². The van der Waals surface area contributed by atoms with Crippen LogP contribution in [0, 0.1) is 6.92 Å². The van der Waals surface area contributed by atoms with Crippen LogP contribution in [-0.4, -0.2) is 29.5 Å². The predicted molar refractivity (Wildman–Crippen MR) is 110 cm³/mol. The Hall–Kier alpha value is -4.20. The first-order valence-corrected chi connectivity index (χ1v) is 8.99. The van der Waals surface area contributed by atoms with Gasteiger partial charge in [0, 0.05) is 23.3 Å². The predicted octanol–water partition coefficient (Wildman–Crippen LogP) is 3.15. The molecular weight excluding hydrogens is 366 g/mol. The lowest BCUT2D eigenvalue weighted by atomic mass is 10.1. The van der Waals surface area contributed by atoms with Crippen LogP contribution in [-0.2, 0) is 0 Å². The van der Waals surface area contributed by atoms with E-state index in [9.17, 15) is 4.79 Å². The summed E-state index contributed by atoms with van der Waals surface area (Å²) in [5.41, 5.74) is 3.15. The Morgan fingerprint density at radius 2 is 1.79 bits per heavy atom. The van der Waals surface area contributed by atoms with Gasteiger partial charge in [0.2, 0.25) is 5.95 Å². The van der Waals surface area contributed by atoms with Crippen LogP contribution in [0.2, 0.25) is 0 Å². The fraction of sp³-hybridized carbons (Fsp3) is 0.0476. The number of aryl methyl sites for hydroxylation is 1. The highest BCUT2D eigenvalue weighted by Gasteiger charge is 2.16. The number of benzene rings is 2. The second-order valence-corrected chi connectivity index (χ2v) is 6.49. The van der Waals surface area contributed by atoms with Crippen molar-refractivity contribution < 1.29 is 0 Å². The van der Waals surface area contributed by atoms with Gasteiger partial charge in [0.1, 0.15) is 5.69 Å². The van der Waals surface area contributed by atoms with Gasteiger partial charge in [0.15, 0.2) is 11.5 Å². The SMILES string of the molecule is Cc1ccccc1-c1nc2c3ccccc3nc(Nc3cnccnc3=O)n2n1. The molecule has 2 aromatic carbocycles. The Bertz CT molecular complexity index is 1430. The summed E-state index contributed by atoms with van der Waals surface area (Å²) in [5, 5.41) is 8.56. The molecule has 8 heteroatoms. The van der Waals surface area contributed by atoms with Gasteiger partial charge >= 0.3 is 0 Å². The topological polar surface area (TPSA) is 98.0 Å². The third kappa shape index (κ3) is 2.96. The van der Waals surface area contributed by atoms with Gasteiger partial charge in [-0.3, -0.25) is 9.78 Å². The van der Waals surface area contributed by atoms with Crippen LogP contribution in [0.3, 0.4) is 0 Å². The molecule has 0 radical (unpaired) electrons. The van der Waals surface area contributed by atoms with Gasteiger partial charge in [-0.15, -0.1) is 5.10 Å². The standard InChI is InChI=1S/C21H15N7O/c1-13-6-2-3-7-14(13)18-26-19-15-8-4-5-9-16(15)24-21(28(19)27-18)25-17-12-22-10-11-23-20(17)29/h2-12H,1H3,(H,23,24,25,29). The van der Waals surface area contributed by atoms with Crippen LogP contribution in [0.15, 0.2) is 71.9 Å². The molecule has 5 aromatic rings. The molecular formula is C21H15N7O. The van der Waals surface area contributed by atoms with E-state index in [0.29, 0.717) is 17.4 Å². The number of nitrogens with zero attached hydrogens (tertiary/aromatic N) is 6. The highest BCUT2D eigenvalue weighted by Crippen LogP contribution is 2.26. The molecule has 0 amide bonds. The number of nitrogens with one attached hydrogen (secondary N) is 1. The quantitative estimate of drug-likeness (QED) is 0.513. The Morgan fingerprint density at radius 3 is 2.69 bits per heavy atom. The van der Waals surface area contributed by atoms with E-state index in [4.69, 9.17) is 4.98 Å². The van der Waals surface area contributed by atoms with E-state index < -0.39 is 5.56 Å². The van der Waals surface area contributed by atoms with E-state index >= 15 is 0 Å². The zero-order chi connectivity index (χ0) is 19.8. The first kappa shape index (κ1) is 16.9. The van der Waals surface area contributed by atoms with Crippen LogP contribution in [0.25, 0.3) is 27.9 Å². The van der Waals surface area contributed by atoms with Crippen LogP contribution in [0.4, 0.5) is 11.6 Å². The molecule has 29 heavy (non-hydrogen) atoms. The number of anilines is 2. The average Bonchev–Trinajstić information content (AvgIpc) is 3.08. The number of rotatable bonds is 3. The summed E-state index contributed by atoms with van der Waals surface area (Å²) >= 11 is 0. The molecule has 0 bridgehead atoms. The van der Waals surface area contributed by atoms with E-state index in [-0.39, 0.29) is 5.69 Å². The summed E-state index contributed by atoms with van der Waals surface area (Å²) in [6, 6.07) is 15.6. The van der Waals surface area contributed by atoms with Gasteiger partial charge in [0.05, 0.1) is 11.7 Å². The second kappa shape index (κ2) is 6.75. The van der Waals surface area contributed by atoms with Crippen LogP contribution in [0.1, 0.15) is 5.56 Å². The molecule has 0 saturated carbocycles. The number of fused-ring (bicyclic) bond motifs is 3. The summed E-state index contributed by atoms with van der Waals surface area (Å²) < 4.78 is 1.61. The fourth-order valence-corrected chi connectivity index (χ4v) is 3.16. The molecule has 3 aromatic heterocycles. The number of hydrogen-bond donors (Lipinski definition) is 1. The molecule has 0 unspecified atom stereocenters. The second-order valence-electron chi connectivity index (χ2n) is 6.49. The first-order chi connectivity index (χ1) is 14.2. The number of hydrogen-bond acceptors (Lipinski definition) is 7. The van der Waals surface area contributed by atoms with Crippen molar-refractivity contribution >= 4 is 28.2 Å². The molecule has 0 atom stereocenters. The number of para-hydroxylation sites is 1. The molecule has 0 aliphatic rings. The molecule has 0 spiro atoms. The van der Waals surface area contributed by atoms with Crippen molar-refractivity contribution in [1.29, 1.82) is 0 Å². The highest BCUT2D eigenvalue weighted by atomic mass is 16.1. The van der Waals surface area contributed by atoms with Crippen molar-refractivity contribution in [3.05, 3.63) is 83.0 Å². The van der Waals surface area contributed by atoms with Crippen molar-refractivity contribution in [1.82, 2.24) is 29.5 Å². The van der Waals surface area contributed by atoms with Crippen LogP contribution in [0.5, 0.6) is 0 Å². The molecule has 1 N–H and O–H groups in total. The maximum Gasteiger partial charge on any atom is 0.295 e. The van der Waals surface area contributed by atoms with Crippen molar-refractivity contribution in [2.24, 2.45) is 0 Å². The minimum absolute atomic E-state index is 0.201. The highest BCUT2D eigenvalue weighted by molar-refractivity contribution is 5.93. The smallest absolute Gasteiger partial charge is 0.295 e.